The van der Waals surface area contributed by atoms with Crippen LogP contribution in [-0.4, -0.2) is 52.9 Å². The number of benzene rings is 3. The minimum Gasteiger partial charge on any atom is -0.374 e. The predicted octanol–water partition coefficient (Wildman–Crippen LogP) is 6.76. The van der Waals surface area contributed by atoms with Gasteiger partial charge >= 0.3 is 0 Å². The summed E-state index contributed by atoms with van der Waals surface area (Å²) in [5, 5.41) is 55.3. The first-order valence-corrected chi connectivity index (χ1v) is 20.9. The van der Waals surface area contributed by atoms with Gasteiger partial charge in [0.1, 0.15) is 12.5 Å². The van der Waals surface area contributed by atoms with Crippen LogP contribution in [0.4, 0.5) is 17.1 Å². The molecule has 0 saturated carbocycles. The summed E-state index contributed by atoms with van der Waals surface area (Å²) in [5.41, 5.74) is 4.62. The van der Waals surface area contributed by atoms with E-state index >= 15 is 0 Å². The van der Waals surface area contributed by atoms with Crippen molar-refractivity contribution in [1.82, 2.24) is 16.0 Å². The summed E-state index contributed by atoms with van der Waals surface area (Å²) in [7, 11) is 0. The molecule has 0 radical (unpaired) electrons. The minimum absolute atomic E-state index is 0.228. The van der Waals surface area contributed by atoms with Gasteiger partial charge in [0, 0.05) is 33.7 Å². The highest BCUT2D eigenvalue weighted by molar-refractivity contribution is 5.48. The zero-order valence-electron chi connectivity index (χ0n) is 34.9. The topological polar surface area (TPSA) is 168 Å². The van der Waals surface area contributed by atoms with Gasteiger partial charge in [0.05, 0.1) is 13.2 Å². The molecule has 56 heavy (non-hydrogen) atoms. The van der Waals surface area contributed by atoms with Crippen molar-refractivity contribution in [3.8, 4) is 0 Å². The standard InChI is InChI=1S/C44H71N7O5/c1-8-12-14-30(10-3)28-55-39(53)33-18-24-36(25-19-33)46-42-48-41(45-35-22-16-32(17-23-35)38(52)51-44(5,6)7)49-43(50-42)47-37-26-20-34(21-27-37)40(54)56-29-31(11-4)15-13-9-2/h16-27,30-31,38-43,45-54H,8-15,28-29H2,1-7H3/p+1. The molecule has 0 bridgehead atoms. The summed E-state index contributed by atoms with van der Waals surface area (Å²) in [4.78, 5) is 0. The average molecular weight is 779 g/mol. The number of unbranched alkanes of at least 4 members (excludes halogenated alkanes) is 2. The molecular weight excluding hydrogens is 707 g/mol. The van der Waals surface area contributed by atoms with Crippen LogP contribution >= 0.6 is 0 Å². The Labute approximate surface area is 335 Å². The quantitative estimate of drug-likeness (QED) is 0.0437. The molecule has 11 N–H and O–H groups in total. The summed E-state index contributed by atoms with van der Waals surface area (Å²) in [6, 6.07) is 23.1. The van der Waals surface area contributed by atoms with Gasteiger partial charge < -0.3 is 40.7 Å². The smallest absolute Gasteiger partial charge is 0.222 e. The number of hydrogen-bond donors (Lipinski definition) is 10. The van der Waals surface area contributed by atoms with E-state index in [4.69, 9.17) is 9.47 Å². The average Bonchev–Trinajstić information content (AvgIpc) is 3.18. The molecule has 0 aromatic heterocycles. The Morgan fingerprint density at radius 3 is 1.38 bits per heavy atom. The third-order valence-electron chi connectivity index (χ3n) is 10.3. The maximum absolute atomic E-state index is 10.8. The lowest BCUT2D eigenvalue weighted by atomic mass is 10.0. The second-order valence-electron chi connectivity index (χ2n) is 16.2. The van der Waals surface area contributed by atoms with Crippen molar-refractivity contribution in [2.75, 3.05) is 29.2 Å². The number of anilines is 3. The summed E-state index contributed by atoms with van der Waals surface area (Å²) in [6.45, 7) is 15.9. The van der Waals surface area contributed by atoms with Crippen molar-refractivity contribution in [3.63, 3.8) is 0 Å². The van der Waals surface area contributed by atoms with Gasteiger partial charge in [0.25, 0.3) is 0 Å². The second kappa shape index (κ2) is 23.2. The lowest BCUT2D eigenvalue weighted by Crippen LogP contribution is -3.08. The van der Waals surface area contributed by atoms with E-state index in [1.807, 2.05) is 93.6 Å². The number of quaternary nitrogens is 1. The normalized spacial score (nSPS) is 20.1. The van der Waals surface area contributed by atoms with E-state index in [0.29, 0.717) is 36.2 Å². The predicted molar refractivity (Wildman–Crippen MR) is 226 cm³/mol. The van der Waals surface area contributed by atoms with Crippen LogP contribution in [0.1, 0.15) is 135 Å². The van der Waals surface area contributed by atoms with E-state index in [-0.39, 0.29) is 24.4 Å². The van der Waals surface area contributed by atoms with E-state index < -0.39 is 18.8 Å². The van der Waals surface area contributed by atoms with Crippen molar-refractivity contribution in [1.29, 1.82) is 0 Å². The highest BCUT2D eigenvalue weighted by Gasteiger charge is 2.31. The molecular formula is C44H72N7O5+. The van der Waals surface area contributed by atoms with Gasteiger partial charge in [-0.1, -0.05) is 103 Å². The molecule has 12 nitrogen and oxygen atoms in total. The number of rotatable bonds is 24. The first-order chi connectivity index (χ1) is 26.9. The Bertz CT molecular complexity index is 1430. The highest BCUT2D eigenvalue weighted by Crippen LogP contribution is 2.23. The Kier molecular flexibility index (Phi) is 18.8. The maximum atomic E-state index is 10.8. The van der Waals surface area contributed by atoms with Crippen LogP contribution in [-0.2, 0) is 9.47 Å². The first-order valence-electron chi connectivity index (χ1n) is 20.9. The van der Waals surface area contributed by atoms with Gasteiger partial charge in [-0.3, -0.25) is 10.6 Å². The SMILES string of the molecule is CCCCC(CC)COC(O)c1ccc(NC2NC(Nc3ccc(C(O)NC(C)(C)C)cc3)[NH2+]C(Nc3ccc(C(O)OCC(CC)CCCC)cc3)N2)cc1. The number of ether oxygens (including phenoxy) is 2. The number of nitrogens with two attached hydrogens (primary N) is 1. The first kappa shape index (κ1) is 45.4. The molecule has 1 aliphatic heterocycles. The number of aliphatic hydroxyl groups is 3. The van der Waals surface area contributed by atoms with Crippen LogP contribution in [0.3, 0.4) is 0 Å². The van der Waals surface area contributed by atoms with E-state index in [0.717, 1.165) is 61.2 Å². The monoisotopic (exact) mass is 779 g/mol. The second-order valence-corrected chi connectivity index (χ2v) is 16.2. The van der Waals surface area contributed by atoms with Crippen molar-refractivity contribution < 1.29 is 30.1 Å². The Morgan fingerprint density at radius 1 is 0.607 bits per heavy atom. The van der Waals surface area contributed by atoms with E-state index in [1.54, 1.807) is 0 Å². The maximum Gasteiger partial charge on any atom is 0.222 e. The molecule has 4 rings (SSSR count). The third kappa shape index (κ3) is 15.6. The molecule has 8 unspecified atom stereocenters. The Balaban J connectivity index is 1.41. The fraction of sp³-hybridized carbons (Fsp3) is 0.591. The fourth-order valence-corrected chi connectivity index (χ4v) is 6.69. The molecule has 3 aromatic rings. The van der Waals surface area contributed by atoms with E-state index in [2.05, 4.69) is 64.9 Å². The zero-order chi connectivity index (χ0) is 40.5. The Hall–Kier alpha value is -3.30. The fourth-order valence-electron chi connectivity index (χ4n) is 6.69. The molecule has 1 fully saturated rings. The van der Waals surface area contributed by atoms with Gasteiger partial charge in [0.2, 0.25) is 12.6 Å². The summed E-state index contributed by atoms with van der Waals surface area (Å²) in [5.74, 6) is 0.892. The van der Waals surface area contributed by atoms with Gasteiger partial charge in [-0.15, -0.1) is 0 Å². The molecule has 12 heteroatoms. The van der Waals surface area contributed by atoms with Gasteiger partial charge in [-0.05, 0) is 87.4 Å². The lowest BCUT2D eigenvalue weighted by molar-refractivity contribution is -0.730. The summed E-state index contributed by atoms with van der Waals surface area (Å²) < 4.78 is 11.7. The van der Waals surface area contributed by atoms with Crippen LogP contribution in [0.2, 0.25) is 0 Å². The molecule has 0 aliphatic carbocycles. The largest absolute Gasteiger partial charge is 0.374 e. The molecule has 0 spiro atoms. The van der Waals surface area contributed by atoms with Gasteiger partial charge in [0.15, 0.2) is 12.6 Å². The van der Waals surface area contributed by atoms with Crippen LogP contribution in [0.5, 0.6) is 0 Å². The van der Waals surface area contributed by atoms with Crippen molar-refractivity contribution in [2.45, 2.75) is 143 Å². The molecule has 1 saturated heterocycles. The molecule has 1 aliphatic rings. The molecule has 0 amide bonds. The summed E-state index contributed by atoms with van der Waals surface area (Å²) in [6.07, 6.45) is 5.36. The molecule has 8 atom stereocenters. The summed E-state index contributed by atoms with van der Waals surface area (Å²) >= 11 is 0. The molecule has 1 heterocycles. The minimum atomic E-state index is -0.975. The van der Waals surface area contributed by atoms with Crippen molar-refractivity contribution in [3.05, 3.63) is 89.5 Å². The third-order valence-corrected chi connectivity index (χ3v) is 10.3. The van der Waals surface area contributed by atoms with Crippen LogP contribution in [0, 0.1) is 11.8 Å². The lowest BCUT2D eigenvalue weighted by Gasteiger charge is -2.37. The van der Waals surface area contributed by atoms with E-state index in [1.165, 1.54) is 12.8 Å². The van der Waals surface area contributed by atoms with Gasteiger partial charge in [-0.25, -0.2) is 10.6 Å². The van der Waals surface area contributed by atoms with Crippen molar-refractivity contribution >= 4 is 17.1 Å². The Morgan fingerprint density at radius 2 is 1.00 bits per heavy atom. The number of hydrogen-bond acceptors (Lipinski definition) is 11. The zero-order valence-corrected chi connectivity index (χ0v) is 34.9. The van der Waals surface area contributed by atoms with Crippen molar-refractivity contribution in [2.24, 2.45) is 11.8 Å². The van der Waals surface area contributed by atoms with Crippen LogP contribution < -0.4 is 37.2 Å². The van der Waals surface area contributed by atoms with Crippen LogP contribution in [0.15, 0.2) is 72.8 Å². The van der Waals surface area contributed by atoms with E-state index in [9.17, 15) is 15.3 Å². The molecule has 3 aromatic carbocycles. The number of nitrogens with one attached hydrogen (secondary N) is 6. The highest BCUT2D eigenvalue weighted by atomic mass is 16.6. The van der Waals surface area contributed by atoms with Gasteiger partial charge in [-0.2, -0.15) is 0 Å². The number of aliphatic hydroxyl groups excluding tert-OH is 3. The van der Waals surface area contributed by atoms with Crippen LogP contribution in [0.25, 0.3) is 0 Å². The molecule has 312 valence electrons.